The highest BCUT2D eigenvalue weighted by Crippen LogP contribution is 2.46. The van der Waals surface area contributed by atoms with E-state index in [0.29, 0.717) is 29.1 Å². The zero-order valence-corrected chi connectivity index (χ0v) is 21.8. The molecule has 1 amide bonds. The summed E-state index contributed by atoms with van der Waals surface area (Å²) in [6, 6.07) is 10.3. The summed E-state index contributed by atoms with van der Waals surface area (Å²) in [6.07, 6.45) is -0.310. The van der Waals surface area contributed by atoms with Crippen molar-refractivity contribution in [1.82, 2.24) is 15.2 Å². The molecule has 0 radical (unpaired) electrons. The van der Waals surface area contributed by atoms with Crippen LogP contribution in [0.25, 0.3) is 11.3 Å². The van der Waals surface area contributed by atoms with Crippen molar-refractivity contribution in [3.05, 3.63) is 58.1 Å². The number of aryl methyl sites for hydroxylation is 4. The van der Waals surface area contributed by atoms with Gasteiger partial charge in [-0.05, 0) is 56.4 Å². The van der Waals surface area contributed by atoms with Crippen LogP contribution in [0.3, 0.4) is 0 Å². The molecule has 1 aromatic heterocycles. The van der Waals surface area contributed by atoms with Gasteiger partial charge in [-0.2, -0.15) is 4.98 Å². The predicted molar refractivity (Wildman–Crippen MR) is 137 cm³/mol. The third-order valence-corrected chi connectivity index (χ3v) is 7.23. The number of rotatable bonds is 5. The van der Waals surface area contributed by atoms with Crippen LogP contribution in [0.2, 0.25) is 0 Å². The number of amides is 1. The lowest BCUT2D eigenvalue weighted by atomic mass is 9.99. The second kappa shape index (κ2) is 9.74. The van der Waals surface area contributed by atoms with Gasteiger partial charge in [-0.15, -0.1) is 10.2 Å². The largest absolute Gasteiger partial charge is 0.447 e. The Kier molecular flexibility index (Phi) is 6.94. The normalized spacial score (nSPS) is 14.9. The number of carbonyl (C=O) groups excluding carboxylic acids is 1. The first-order chi connectivity index (χ1) is 16.2. The van der Waals surface area contributed by atoms with Crippen LogP contribution in [0.1, 0.15) is 61.2 Å². The molecule has 0 saturated carbocycles. The Morgan fingerprint density at radius 3 is 2.50 bits per heavy atom. The molecule has 4 rings (SSSR count). The van der Waals surface area contributed by atoms with Crippen LogP contribution in [0.5, 0.6) is 5.88 Å². The van der Waals surface area contributed by atoms with Crippen LogP contribution < -0.4 is 9.64 Å². The molecule has 3 aromatic rings. The molecule has 178 valence electrons. The fraction of sp³-hybridized carbons (Fsp3) is 0.407. The highest BCUT2D eigenvalue weighted by atomic mass is 32.2. The van der Waals surface area contributed by atoms with E-state index < -0.39 is 6.23 Å². The Labute approximate surface area is 206 Å². The number of benzene rings is 2. The van der Waals surface area contributed by atoms with Gasteiger partial charge < -0.3 is 4.74 Å². The number of anilines is 1. The van der Waals surface area contributed by atoms with E-state index in [-0.39, 0.29) is 5.91 Å². The van der Waals surface area contributed by atoms with E-state index in [2.05, 4.69) is 56.1 Å². The number of hydrogen-bond donors (Lipinski definition) is 0. The average Bonchev–Trinajstić information content (AvgIpc) is 2.93. The SMILES string of the molecule is CCC(=O)N1c2c(C)cc(C)cc2-c2nnc(SCC(C)C)nc2O[C@@H]1c1ccc(C)c(C)c1. The number of ether oxygens (including phenoxy) is 1. The molecule has 1 aliphatic heterocycles. The third-order valence-electron chi connectivity index (χ3n) is 5.97. The molecule has 1 atom stereocenters. The van der Waals surface area contributed by atoms with Crippen LogP contribution >= 0.6 is 11.8 Å². The fourth-order valence-corrected chi connectivity index (χ4v) is 4.88. The van der Waals surface area contributed by atoms with E-state index in [1.165, 1.54) is 5.56 Å². The van der Waals surface area contributed by atoms with Gasteiger partial charge in [0.2, 0.25) is 23.2 Å². The summed E-state index contributed by atoms with van der Waals surface area (Å²) in [6.45, 7) is 14.4. The quantitative estimate of drug-likeness (QED) is 0.400. The van der Waals surface area contributed by atoms with Crippen molar-refractivity contribution in [3.8, 4) is 17.1 Å². The Morgan fingerprint density at radius 1 is 1.06 bits per heavy atom. The summed E-state index contributed by atoms with van der Waals surface area (Å²) in [4.78, 5) is 20.0. The van der Waals surface area contributed by atoms with Crippen molar-refractivity contribution in [2.45, 2.75) is 66.3 Å². The Morgan fingerprint density at radius 2 is 1.82 bits per heavy atom. The van der Waals surface area contributed by atoms with E-state index >= 15 is 0 Å². The maximum atomic E-state index is 13.4. The fourth-order valence-electron chi connectivity index (χ4n) is 4.15. The Bertz CT molecular complexity index is 1240. The smallest absolute Gasteiger partial charge is 0.247 e. The first-order valence-electron chi connectivity index (χ1n) is 11.7. The monoisotopic (exact) mass is 476 g/mol. The number of fused-ring (bicyclic) bond motifs is 3. The molecule has 0 bridgehead atoms. The number of nitrogens with zero attached hydrogens (tertiary/aromatic N) is 4. The highest BCUT2D eigenvalue weighted by molar-refractivity contribution is 7.99. The average molecular weight is 477 g/mol. The molecule has 7 heteroatoms. The molecule has 2 aromatic carbocycles. The minimum Gasteiger partial charge on any atom is -0.447 e. The minimum absolute atomic E-state index is 0.0217. The number of carbonyl (C=O) groups is 1. The van der Waals surface area contributed by atoms with E-state index in [0.717, 1.165) is 39.3 Å². The molecule has 0 N–H and O–H groups in total. The van der Waals surface area contributed by atoms with E-state index in [4.69, 9.17) is 9.72 Å². The molecule has 0 unspecified atom stereocenters. The summed E-state index contributed by atoms with van der Waals surface area (Å²) < 4.78 is 6.58. The first kappa shape index (κ1) is 24.2. The van der Waals surface area contributed by atoms with Crippen molar-refractivity contribution in [2.75, 3.05) is 10.7 Å². The van der Waals surface area contributed by atoms with Gasteiger partial charge in [0.1, 0.15) is 0 Å². The van der Waals surface area contributed by atoms with Crippen LogP contribution in [0.15, 0.2) is 35.5 Å². The molecule has 0 spiro atoms. The van der Waals surface area contributed by atoms with Crippen LogP contribution in [-0.4, -0.2) is 26.8 Å². The molecule has 34 heavy (non-hydrogen) atoms. The zero-order chi connectivity index (χ0) is 24.6. The van der Waals surface area contributed by atoms with Crippen molar-refractivity contribution < 1.29 is 9.53 Å². The number of hydrogen-bond acceptors (Lipinski definition) is 6. The Balaban J connectivity index is 1.97. The van der Waals surface area contributed by atoms with Crippen molar-refractivity contribution >= 4 is 23.4 Å². The van der Waals surface area contributed by atoms with Crippen molar-refractivity contribution in [3.63, 3.8) is 0 Å². The Hall–Kier alpha value is -2.93. The summed E-state index contributed by atoms with van der Waals surface area (Å²) in [5, 5.41) is 9.54. The summed E-state index contributed by atoms with van der Waals surface area (Å²) in [7, 11) is 0. The summed E-state index contributed by atoms with van der Waals surface area (Å²) >= 11 is 1.56. The molecule has 0 aliphatic carbocycles. The molecule has 2 heterocycles. The van der Waals surface area contributed by atoms with Gasteiger partial charge in [-0.3, -0.25) is 9.69 Å². The van der Waals surface area contributed by atoms with Crippen molar-refractivity contribution in [2.24, 2.45) is 5.92 Å². The first-order valence-corrected chi connectivity index (χ1v) is 12.7. The topological polar surface area (TPSA) is 68.2 Å². The van der Waals surface area contributed by atoms with Crippen LogP contribution in [-0.2, 0) is 4.79 Å². The highest BCUT2D eigenvalue weighted by Gasteiger charge is 2.36. The maximum Gasteiger partial charge on any atom is 0.247 e. The molecule has 0 saturated heterocycles. The van der Waals surface area contributed by atoms with Crippen LogP contribution in [0, 0.1) is 33.6 Å². The van der Waals surface area contributed by atoms with E-state index in [9.17, 15) is 4.79 Å². The van der Waals surface area contributed by atoms with E-state index in [1.54, 1.807) is 16.7 Å². The van der Waals surface area contributed by atoms with Crippen molar-refractivity contribution in [1.29, 1.82) is 0 Å². The molecular formula is C27H32N4O2S. The summed E-state index contributed by atoms with van der Waals surface area (Å²) in [5.41, 5.74) is 7.49. The second-order valence-electron chi connectivity index (χ2n) is 9.36. The lowest BCUT2D eigenvalue weighted by Gasteiger charge is -2.32. The number of thioether (sulfide) groups is 1. The van der Waals surface area contributed by atoms with E-state index in [1.807, 2.05) is 32.9 Å². The lowest BCUT2D eigenvalue weighted by Crippen LogP contribution is -2.37. The van der Waals surface area contributed by atoms with Gasteiger partial charge in [0.25, 0.3) is 0 Å². The maximum absolute atomic E-state index is 13.4. The third kappa shape index (κ3) is 4.67. The zero-order valence-electron chi connectivity index (χ0n) is 21.0. The predicted octanol–water partition coefficient (Wildman–Crippen LogP) is 6.35. The van der Waals surface area contributed by atoms with Gasteiger partial charge in [0.05, 0.1) is 5.69 Å². The lowest BCUT2D eigenvalue weighted by molar-refractivity contribution is -0.120. The van der Waals surface area contributed by atoms with Gasteiger partial charge in [0.15, 0.2) is 5.69 Å². The van der Waals surface area contributed by atoms with Gasteiger partial charge in [-0.25, -0.2) is 0 Å². The molecule has 1 aliphatic rings. The second-order valence-corrected chi connectivity index (χ2v) is 10.3. The van der Waals surface area contributed by atoms with Gasteiger partial charge in [0, 0.05) is 23.3 Å². The van der Waals surface area contributed by atoms with Gasteiger partial charge >= 0.3 is 0 Å². The molecular weight excluding hydrogens is 444 g/mol. The summed E-state index contributed by atoms with van der Waals surface area (Å²) in [5.74, 6) is 1.77. The molecule has 0 fully saturated rings. The van der Waals surface area contributed by atoms with Crippen LogP contribution in [0.4, 0.5) is 5.69 Å². The minimum atomic E-state index is -0.659. The molecule has 6 nitrogen and oxygen atoms in total. The standard InChI is InChI=1S/C27H32N4O2S/c1-8-22(32)31-24-19(7)11-16(4)12-21(24)23-25(28-27(30-29-23)34-14-15(2)3)33-26(31)20-10-9-17(5)18(6)13-20/h9-13,15,26H,8,14H2,1-7H3/t26-/m1/s1. The van der Waals surface area contributed by atoms with Gasteiger partial charge in [-0.1, -0.05) is 62.4 Å². The number of aromatic nitrogens is 3.